The summed E-state index contributed by atoms with van der Waals surface area (Å²) < 4.78 is 15.1. The van der Waals surface area contributed by atoms with E-state index in [4.69, 9.17) is 0 Å². The first-order chi connectivity index (χ1) is 10.2. The van der Waals surface area contributed by atoms with Gasteiger partial charge >= 0.3 is 0 Å². The Balaban J connectivity index is 1.93. The summed E-state index contributed by atoms with van der Waals surface area (Å²) in [6.07, 6.45) is 6.84. The second-order valence-corrected chi connectivity index (χ2v) is 5.50. The van der Waals surface area contributed by atoms with Crippen molar-refractivity contribution in [3.8, 4) is 0 Å². The molecule has 0 saturated heterocycles. The van der Waals surface area contributed by atoms with Crippen LogP contribution < -0.4 is 5.32 Å². The third-order valence-corrected chi connectivity index (χ3v) is 3.82. The lowest BCUT2D eigenvalue weighted by Crippen LogP contribution is -2.24. The van der Waals surface area contributed by atoms with Crippen LogP contribution in [0.4, 0.5) is 4.39 Å². The minimum Gasteiger partial charge on any atom is -0.338 e. The van der Waals surface area contributed by atoms with E-state index in [1.54, 1.807) is 12.1 Å². The van der Waals surface area contributed by atoms with E-state index in [1.165, 1.54) is 5.56 Å². The molecule has 2 rings (SSSR count). The number of benzene rings is 1. The first-order valence-corrected chi connectivity index (χ1v) is 7.60. The summed E-state index contributed by atoms with van der Waals surface area (Å²) in [6.45, 7) is 4.08. The van der Waals surface area contributed by atoms with Gasteiger partial charge in [0.25, 0.3) is 0 Å². The van der Waals surface area contributed by atoms with Crippen LogP contribution in [0.1, 0.15) is 24.7 Å². The number of rotatable bonds is 8. The number of aromatic nitrogens is 2. The minimum absolute atomic E-state index is 0.171. The maximum absolute atomic E-state index is 13.0. The standard InChI is InChI=1S/C17H24FN3/c1-3-19-13-15(6-9-17-20-10-11-21(17)2)12-14-4-7-16(18)8-5-14/h4-5,7-8,10-11,15,19H,3,6,9,12-13H2,1-2H3. The van der Waals surface area contributed by atoms with E-state index < -0.39 is 0 Å². The summed E-state index contributed by atoms with van der Waals surface area (Å²) in [7, 11) is 2.03. The summed E-state index contributed by atoms with van der Waals surface area (Å²) in [6, 6.07) is 6.85. The highest BCUT2D eigenvalue weighted by atomic mass is 19.1. The number of hydrogen-bond acceptors (Lipinski definition) is 2. The van der Waals surface area contributed by atoms with Crippen LogP contribution in [-0.2, 0) is 19.9 Å². The maximum atomic E-state index is 13.0. The van der Waals surface area contributed by atoms with Crippen LogP contribution in [0.2, 0.25) is 0 Å². The molecule has 21 heavy (non-hydrogen) atoms. The molecule has 0 aliphatic rings. The summed E-state index contributed by atoms with van der Waals surface area (Å²) in [5, 5.41) is 3.42. The number of hydrogen-bond donors (Lipinski definition) is 1. The Labute approximate surface area is 126 Å². The highest BCUT2D eigenvalue weighted by Crippen LogP contribution is 2.15. The Morgan fingerprint density at radius 3 is 2.67 bits per heavy atom. The van der Waals surface area contributed by atoms with Crippen molar-refractivity contribution in [2.24, 2.45) is 13.0 Å². The molecule has 3 nitrogen and oxygen atoms in total. The number of nitrogens with one attached hydrogen (secondary N) is 1. The fourth-order valence-corrected chi connectivity index (χ4v) is 2.55. The highest BCUT2D eigenvalue weighted by Gasteiger charge is 2.11. The lowest BCUT2D eigenvalue weighted by Gasteiger charge is -2.17. The summed E-state index contributed by atoms with van der Waals surface area (Å²) in [4.78, 5) is 4.38. The number of halogens is 1. The molecular formula is C17H24FN3. The molecule has 0 aliphatic heterocycles. The maximum Gasteiger partial charge on any atom is 0.123 e. The van der Waals surface area contributed by atoms with Crippen molar-refractivity contribution in [3.63, 3.8) is 0 Å². The minimum atomic E-state index is -0.171. The van der Waals surface area contributed by atoms with Gasteiger partial charge in [-0.3, -0.25) is 0 Å². The Bertz CT molecular complexity index is 533. The molecular weight excluding hydrogens is 265 g/mol. The molecule has 0 amide bonds. The van der Waals surface area contributed by atoms with Gasteiger partial charge in [-0.1, -0.05) is 19.1 Å². The molecule has 0 fully saturated rings. The zero-order valence-electron chi connectivity index (χ0n) is 12.8. The Morgan fingerprint density at radius 2 is 2.05 bits per heavy atom. The molecule has 1 heterocycles. The first-order valence-electron chi connectivity index (χ1n) is 7.60. The summed E-state index contributed by atoms with van der Waals surface area (Å²) >= 11 is 0. The molecule has 1 aromatic carbocycles. The van der Waals surface area contributed by atoms with Gasteiger partial charge in [-0.2, -0.15) is 0 Å². The average molecular weight is 289 g/mol. The largest absolute Gasteiger partial charge is 0.338 e. The third-order valence-electron chi connectivity index (χ3n) is 3.82. The van der Waals surface area contributed by atoms with Crippen molar-refractivity contribution in [2.45, 2.75) is 26.2 Å². The second kappa shape index (κ2) is 7.93. The Hall–Kier alpha value is -1.68. The molecule has 1 atom stereocenters. The Morgan fingerprint density at radius 1 is 1.29 bits per heavy atom. The predicted octanol–water partition coefficient (Wildman–Crippen LogP) is 2.96. The van der Waals surface area contributed by atoms with Gasteiger partial charge in [0.2, 0.25) is 0 Å². The van der Waals surface area contributed by atoms with Crippen LogP contribution in [-0.4, -0.2) is 22.6 Å². The van der Waals surface area contributed by atoms with Crippen molar-refractivity contribution < 1.29 is 4.39 Å². The molecule has 1 unspecified atom stereocenters. The average Bonchev–Trinajstić information content (AvgIpc) is 2.89. The number of nitrogens with zero attached hydrogens (tertiary/aromatic N) is 2. The molecule has 0 aliphatic carbocycles. The fourth-order valence-electron chi connectivity index (χ4n) is 2.55. The molecule has 1 aromatic heterocycles. The topological polar surface area (TPSA) is 29.9 Å². The van der Waals surface area contributed by atoms with Gasteiger partial charge in [-0.15, -0.1) is 0 Å². The molecule has 114 valence electrons. The van der Waals surface area contributed by atoms with Gasteiger partial charge in [0.05, 0.1) is 0 Å². The van der Waals surface area contributed by atoms with Crippen molar-refractivity contribution in [1.29, 1.82) is 0 Å². The predicted molar refractivity (Wildman–Crippen MR) is 83.7 cm³/mol. The van der Waals surface area contributed by atoms with Gasteiger partial charge in [-0.05, 0) is 49.5 Å². The SMILES string of the molecule is CCNCC(CCc1nccn1C)Cc1ccc(F)cc1. The van der Waals surface area contributed by atoms with Crippen LogP contribution in [0.15, 0.2) is 36.7 Å². The zero-order chi connectivity index (χ0) is 15.1. The molecule has 0 bridgehead atoms. The second-order valence-electron chi connectivity index (χ2n) is 5.50. The van der Waals surface area contributed by atoms with Gasteiger partial charge in [-0.25, -0.2) is 9.37 Å². The highest BCUT2D eigenvalue weighted by molar-refractivity contribution is 5.16. The van der Waals surface area contributed by atoms with E-state index in [9.17, 15) is 4.39 Å². The van der Waals surface area contributed by atoms with E-state index >= 15 is 0 Å². The number of imidazole rings is 1. The molecule has 2 aromatic rings. The summed E-state index contributed by atoms with van der Waals surface area (Å²) in [5.41, 5.74) is 1.19. The van der Waals surface area contributed by atoms with E-state index in [1.807, 2.05) is 31.6 Å². The van der Waals surface area contributed by atoms with Crippen LogP contribution in [0.25, 0.3) is 0 Å². The van der Waals surface area contributed by atoms with Crippen molar-refractivity contribution in [3.05, 3.63) is 53.9 Å². The van der Waals surface area contributed by atoms with Crippen molar-refractivity contribution >= 4 is 0 Å². The first kappa shape index (κ1) is 15.7. The lowest BCUT2D eigenvalue weighted by atomic mass is 9.94. The van der Waals surface area contributed by atoms with Gasteiger partial charge in [0.1, 0.15) is 11.6 Å². The molecule has 0 spiro atoms. The van der Waals surface area contributed by atoms with Gasteiger partial charge in [0.15, 0.2) is 0 Å². The number of aryl methyl sites for hydroxylation is 2. The normalized spacial score (nSPS) is 12.5. The lowest BCUT2D eigenvalue weighted by molar-refractivity contribution is 0.442. The third kappa shape index (κ3) is 4.97. The summed E-state index contributed by atoms with van der Waals surface area (Å²) in [5.74, 6) is 1.48. The van der Waals surface area contributed by atoms with E-state index in [0.29, 0.717) is 5.92 Å². The Kier molecular flexibility index (Phi) is 5.93. The monoisotopic (exact) mass is 289 g/mol. The molecule has 1 N–H and O–H groups in total. The molecule has 0 saturated carbocycles. The van der Waals surface area contributed by atoms with Gasteiger partial charge in [0, 0.05) is 25.9 Å². The molecule has 0 radical (unpaired) electrons. The smallest absolute Gasteiger partial charge is 0.123 e. The van der Waals surface area contributed by atoms with Crippen LogP contribution in [0.3, 0.4) is 0 Å². The van der Waals surface area contributed by atoms with E-state index in [0.717, 1.165) is 38.2 Å². The fraction of sp³-hybridized carbons (Fsp3) is 0.471. The zero-order valence-corrected chi connectivity index (χ0v) is 12.8. The van der Waals surface area contributed by atoms with Gasteiger partial charge < -0.3 is 9.88 Å². The van der Waals surface area contributed by atoms with E-state index in [2.05, 4.69) is 21.8 Å². The van der Waals surface area contributed by atoms with Crippen LogP contribution in [0.5, 0.6) is 0 Å². The van der Waals surface area contributed by atoms with E-state index in [-0.39, 0.29) is 5.82 Å². The van der Waals surface area contributed by atoms with Crippen molar-refractivity contribution in [2.75, 3.05) is 13.1 Å². The molecule has 4 heteroatoms. The van der Waals surface area contributed by atoms with Crippen molar-refractivity contribution in [1.82, 2.24) is 14.9 Å². The van der Waals surface area contributed by atoms with Crippen LogP contribution in [0, 0.1) is 11.7 Å². The van der Waals surface area contributed by atoms with Crippen LogP contribution >= 0.6 is 0 Å². The quantitative estimate of drug-likeness (QED) is 0.809.